The first-order valence-electron chi connectivity index (χ1n) is 6.32. The molecular formula is C18H14S3. The minimum atomic E-state index is 0.712. The van der Waals surface area contributed by atoms with Crippen molar-refractivity contribution >= 4 is 35.3 Å². The van der Waals surface area contributed by atoms with Crippen LogP contribution >= 0.6 is 35.3 Å². The lowest BCUT2D eigenvalue weighted by molar-refractivity contribution is 1.32. The van der Waals surface area contributed by atoms with Crippen molar-refractivity contribution in [1.29, 1.82) is 0 Å². The van der Waals surface area contributed by atoms with E-state index in [0.29, 0.717) is 11.5 Å². The third-order valence-electron chi connectivity index (χ3n) is 2.53. The zero-order valence-corrected chi connectivity index (χ0v) is 13.9. The van der Waals surface area contributed by atoms with Crippen molar-refractivity contribution in [3.63, 3.8) is 0 Å². The van der Waals surface area contributed by atoms with Crippen LogP contribution in [0.15, 0.2) is 68.1 Å². The maximum atomic E-state index is 5.26. The Morgan fingerprint density at radius 3 is 1.29 bits per heavy atom. The molecule has 21 heavy (non-hydrogen) atoms. The van der Waals surface area contributed by atoms with Crippen molar-refractivity contribution in [3.05, 3.63) is 48.5 Å². The Morgan fingerprint density at radius 2 is 0.952 bits per heavy atom. The predicted octanol–water partition coefficient (Wildman–Crippen LogP) is 5.29. The Labute approximate surface area is 139 Å². The summed E-state index contributed by atoms with van der Waals surface area (Å²) < 4.78 is 0. The minimum Gasteiger partial charge on any atom is -0.119 e. The summed E-state index contributed by atoms with van der Waals surface area (Å²) in [6.45, 7) is 0. The highest BCUT2D eigenvalue weighted by Gasteiger charge is 1.99. The Kier molecular flexibility index (Phi) is 6.70. The third-order valence-corrected chi connectivity index (χ3v) is 5.38. The molecule has 0 aromatic heterocycles. The summed E-state index contributed by atoms with van der Waals surface area (Å²) in [5, 5.41) is 0. The molecule has 0 heterocycles. The first kappa shape index (κ1) is 16.0. The molecule has 2 aromatic carbocycles. The highest BCUT2D eigenvalue weighted by Crippen LogP contribution is 2.30. The van der Waals surface area contributed by atoms with Gasteiger partial charge in [-0.2, -0.15) is 0 Å². The van der Waals surface area contributed by atoms with Gasteiger partial charge in [-0.15, -0.1) is 36.4 Å². The van der Waals surface area contributed by atoms with Crippen LogP contribution in [0.3, 0.4) is 0 Å². The van der Waals surface area contributed by atoms with Gasteiger partial charge >= 0.3 is 0 Å². The summed E-state index contributed by atoms with van der Waals surface area (Å²) in [7, 11) is 0. The van der Waals surface area contributed by atoms with Crippen LogP contribution in [0.5, 0.6) is 0 Å². The zero-order valence-electron chi connectivity index (χ0n) is 11.4. The van der Waals surface area contributed by atoms with E-state index in [2.05, 4.69) is 60.4 Å². The van der Waals surface area contributed by atoms with Gasteiger partial charge in [0.25, 0.3) is 0 Å². The molecule has 0 amide bonds. The Hall–Kier alpha value is -1.39. The van der Waals surface area contributed by atoms with Crippen LogP contribution in [0.25, 0.3) is 0 Å². The van der Waals surface area contributed by atoms with Gasteiger partial charge in [-0.05, 0) is 48.5 Å². The van der Waals surface area contributed by atoms with Crippen LogP contribution in [0.4, 0.5) is 0 Å². The van der Waals surface area contributed by atoms with E-state index < -0.39 is 0 Å². The van der Waals surface area contributed by atoms with Crippen LogP contribution in [-0.4, -0.2) is 11.5 Å². The normalized spacial score (nSPS) is 9.81. The van der Waals surface area contributed by atoms with Gasteiger partial charge in [0.05, 0.1) is 11.5 Å². The quantitative estimate of drug-likeness (QED) is 0.523. The molecule has 0 aliphatic rings. The van der Waals surface area contributed by atoms with Crippen molar-refractivity contribution in [3.8, 4) is 24.7 Å². The van der Waals surface area contributed by atoms with Gasteiger partial charge in [0, 0.05) is 19.6 Å². The first-order chi connectivity index (χ1) is 10.3. The largest absolute Gasteiger partial charge is 0.119 e. The lowest BCUT2D eigenvalue weighted by Crippen LogP contribution is -1.78. The minimum absolute atomic E-state index is 0.712. The number of rotatable bonds is 6. The van der Waals surface area contributed by atoms with Gasteiger partial charge in [-0.25, -0.2) is 0 Å². The number of terminal acetylenes is 2. The molecule has 3 heteroatoms. The lowest BCUT2D eigenvalue weighted by atomic mass is 10.4. The highest BCUT2D eigenvalue weighted by atomic mass is 32.2. The topological polar surface area (TPSA) is 0 Å². The summed E-state index contributed by atoms with van der Waals surface area (Å²) in [5.74, 6) is 6.69. The summed E-state index contributed by atoms with van der Waals surface area (Å²) in [4.78, 5) is 4.87. The molecule has 0 N–H and O–H groups in total. The Bertz CT molecular complexity index is 583. The van der Waals surface area contributed by atoms with Gasteiger partial charge in [0.2, 0.25) is 0 Å². The molecule has 0 spiro atoms. The van der Waals surface area contributed by atoms with E-state index >= 15 is 0 Å². The summed E-state index contributed by atoms with van der Waals surface area (Å²) in [6, 6.07) is 17.0. The third kappa shape index (κ3) is 5.48. The average molecular weight is 327 g/mol. The second-order valence-corrected chi connectivity index (χ2v) is 7.27. The molecule has 0 unspecified atom stereocenters. The number of thioether (sulfide) groups is 2. The first-order valence-corrected chi connectivity index (χ1v) is 9.11. The van der Waals surface area contributed by atoms with Gasteiger partial charge in [-0.3, -0.25) is 0 Å². The van der Waals surface area contributed by atoms with E-state index in [4.69, 9.17) is 12.8 Å². The maximum absolute atomic E-state index is 5.26. The van der Waals surface area contributed by atoms with Crippen molar-refractivity contribution in [2.75, 3.05) is 11.5 Å². The van der Waals surface area contributed by atoms with Gasteiger partial charge in [0.15, 0.2) is 0 Å². The fourth-order valence-corrected chi connectivity index (χ4v) is 3.57. The van der Waals surface area contributed by atoms with Crippen molar-refractivity contribution < 1.29 is 0 Å². The van der Waals surface area contributed by atoms with E-state index in [9.17, 15) is 0 Å². The second kappa shape index (κ2) is 8.80. The van der Waals surface area contributed by atoms with Crippen LogP contribution in [-0.2, 0) is 0 Å². The highest BCUT2D eigenvalue weighted by molar-refractivity contribution is 8.00. The fraction of sp³-hybridized carbons (Fsp3) is 0.111. The van der Waals surface area contributed by atoms with E-state index in [1.54, 1.807) is 35.3 Å². The zero-order chi connectivity index (χ0) is 14.9. The molecule has 0 fully saturated rings. The van der Waals surface area contributed by atoms with Crippen molar-refractivity contribution in [1.82, 2.24) is 0 Å². The van der Waals surface area contributed by atoms with Crippen molar-refractivity contribution in [2.45, 2.75) is 19.6 Å². The molecule has 2 aromatic rings. The van der Waals surface area contributed by atoms with E-state index in [0.717, 1.165) is 0 Å². The number of hydrogen-bond acceptors (Lipinski definition) is 3. The van der Waals surface area contributed by atoms with Crippen LogP contribution in [0, 0.1) is 24.7 Å². The second-order valence-electron chi connectivity index (χ2n) is 4.03. The number of benzene rings is 2. The molecule has 0 aliphatic carbocycles. The van der Waals surface area contributed by atoms with Crippen LogP contribution < -0.4 is 0 Å². The van der Waals surface area contributed by atoms with Crippen LogP contribution in [0.1, 0.15) is 0 Å². The standard InChI is InChI=1S/C18H14S3/c1-3-13-19-15-5-9-17(10-6-15)21-18-11-7-16(8-12-18)20-14-4-2/h1-2,5-12H,13-14H2. The monoisotopic (exact) mass is 326 g/mol. The Morgan fingerprint density at radius 1 is 0.619 bits per heavy atom. The maximum Gasteiger partial charge on any atom is 0.0592 e. The molecule has 0 radical (unpaired) electrons. The number of hydrogen-bond donors (Lipinski definition) is 0. The van der Waals surface area contributed by atoms with Gasteiger partial charge < -0.3 is 0 Å². The molecule has 2 rings (SSSR count). The van der Waals surface area contributed by atoms with E-state index in [-0.39, 0.29) is 0 Å². The Balaban J connectivity index is 1.95. The smallest absolute Gasteiger partial charge is 0.0592 e. The van der Waals surface area contributed by atoms with Crippen molar-refractivity contribution in [2.24, 2.45) is 0 Å². The summed E-state index contributed by atoms with van der Waals surface area (Å²) >= 11 is 5.11. The van der Waals surface area contributed by atoms with Crippen LogP contribution in [0.2, 0.25) is 0 Å². The molecular weight excluding hydrogens is 312 g/mol. The summed E-state index contributed by atoms with van der Waals surface area (Å²) in [6.07, 6.45) is 10.5. The molecule has 0 aliphatic heterocycles. The molecule has 0 bridgehead atoms. The average Bonchev–Trinajstić information content (AvgIpc) is 2.53. The van der Waals surface area contributed by atoms with Gasteiger partial charge in [-0.1, -0.05) is 23.6 Å². The predicted molar refractivity (Wildman–Crippen MR) is 96.1 cm³/mol. The summed E-state index contributed by atoms with van der Waals surface area (Å²) in [5.41, 5.74) is 0. The SMILES string of the molecule is C#CCSc1ccc(Sc2ccc(SCC#C)cc2)cc1. The molecule has 0 saturated heterocycles. The molecule has 0 nitrogen and oxygen atoms in total. The van der Waals surface area contributed by atoms with E-state index in [1.807, 2.05) is 0 Å². The molecule has 0 saturated carbocycles. The molecule has 104 valence electrons. The lowest BCUT2D eigenvalue weighted by Gasteiger charge is -2.04. The fourth-order valence-electron chi connectivity index (χ4n) is 1.59. The molecule has 0 atom stereocenters. The van der Waals surface area contributed by atoms with E-state index in [1.165, 1.54) is 19.6 Å². The van der Waals surface area contributed by atoms with Gasteiger partial charge in [0.1, 0.15) is 0 Å².